The molecule has 7 nitrogen and oxygen atoms in total. The molecule has 0 saturated heterocycles. The molecular weight excluding hydrogens is 210 g/mol. The van der Waals surface area contributed by atoms with Crippen molar-refractivity contribution in [2.24, 2.45) is 7.05 Å². The Balaban J connectivity index is 2.36. The number of nitrogens with one attached hydrogen (secondary N) is 1. The summed E-state index contributed by atoms with van der Waals surface area (Å²) in [6, 6.07) is 0. The maximum atomic E-state index is 11.5. The van der Waals surface area contributed by atoms with Crippen LogP contribution in [0.25, 0.3) is 11.4 Å². The first-order valence-corrected chi connectivity index (χ1v) is 4.78. The molecule has 0 atom stereocenters. The minimum Gasteiger partial charge on any atom is -0.461 e. The van der Waals surface area contributed by atoms with Crippen LogP contribution in [-0.2, 0) is 11.8 Å². The number of ether oxygens (including phenoxy) is 1. The number of H-pyrrole nitrogens is 1. The fraction of sp³-hybridized carbons (Fsp3) is 0.333. The highest BCUT2D eigenvalue weighted by Crippen LogP contribution is 2.17. The molecule has 0 unspecified atom stereocenters. The third kappa shape index (κ3) is 1.79. The van der Waals surface area contributed by atoms with E-state index in [0.29, 0.717) is 18.0 Å². The van der Waals surface area contributed by atoms with Crippen molar-refractivity contribution in [1.29, 1.82) is 0 Å². The molecule has 84 valence electrons. The second-order valence-electron chi connectivity index (χ2n) is 3.17. The first kappa shape index (κ1) is 10.3. The van der Waals surface area contributed by atoms with Gasteiger partial charge in [0.25, 0.3) is 0 Å². The number of imidazole rings is 1. The van der Waals surface area contributed by atoms with Gasteiger partial charge in [0.05, 0.1) is 12.9 Å². The van der Waals surface area contributed by atoms with Crippen LogP contribution in [0.3, 0.4) is 0 Å². The minimum atomic E-state index is -0.503. The molecule has 1 N–H and O–H groups in total. The molecule has 7 heteroatoms. The molecule has 2 rings (SSSR count). The molecule has 0 aliphatic heterocycles. The number of esters is 1. The van der Waals surface area contributed by atoms with Crippen LogP contribution in [0.1, 0.15) is 17.4 Å². The van der Waals surface area contributed by atoms with Gasteiger partial charge in [0.1, 0.15) is 11.4 Å². The van der Waals surface area contributed by atoms with E-state index >= 15 is 0 Å². The van der Waals surface area contributed by atoms with E-state index in [2.05, 4.69) is 20.4 Å². The number of rotatable bonds is 3. The van der Waals surface area contributed by atoms with Crippen LogP contribution in [0.4, 0.5) is 0 Å². The second kappa shape index (κ2) is 4.13. The van der Waals surface area contributed by atoms with E-state index in [0.717, 1.165) is 0 Å². The number of carbonyl (C=O) groups excluding carboxylic acids is 1. The highest BCUT2D eigenvalue weighted by atomic mass is 16.5. The van der Waals surface area contributed by atoms with Gasteiger partial charge in [0, 0.05) is 13.2 Å². The Morgan fingerprint density at radius 2 is 2.38 bits per heavy atom. The lowest BCUT2D eigenvalue weighted by Gasteiger charge is -1.98. The van der Waals surface area contributed by atoms with E-state index in [4.69, 9.17) is 4.74 Å². The zero-order valence-corrected chi connectivity index (χ0v) is 8.97. The summed E-state index contributed by atoms with van der Waals surface area (Å²) < 4.78 is 6.62. The third-order valence-electron chi connectivity index (χ3n) is 1.96. The van der Waals surface area contributed by atoms with Crippen molar-refractivity contribution >= 4 is 5.97 Å². The number of hydrogen-bond acceptors (Lipinski definition) is 5. The van der Waals surface area contributed by atoms with E-state index in [-0.39, 0.29) is 5.69 Å². The standard InChI is InChI=1S/C9H11N5O2/c1-3-16-9(15)8-7(11-13-12-8)6-4-14(2)5-10-6/h4-5H,3H2,1-2H3,(H,11,12,13). The number of aromatic nitrogens is 5. The smallest absolute Gasteiger partial charge is 0.361 e. The van der Waals surface area contributed by atoms with Gasteiger partial charge in [-0.25, -0.2) is 9.78 Å². The molecule has 0 aliphatic carbocycles. The van der Waals surface area contributed by atoms with Crippen LogP contribution in [0.15, 0.2) is 12.5 Å². The minimum absolute atomic E-state index is 0.153. The molecule has 0 amide bonds. The van der Waals surface area contributed by atoms with E-state index in [1.54, 1.807) is 24.0 Å². The van der Waals surface area contributed by atoms with Crippen LogP contribution >= 0.6 is 0 Å². The SMILES string of the molecule is CCOC(=O)c1n[nH]nc1-c1cn(C)cn1. The zero-order valence-electron chi connectivity index (χ0n) is 8.97. The summed E-state index contributed by atoms with van der Waals surface area (Å²) in [6.07, 6.45) is 3.37. The van der Waals surface area contributed by atoms with E-state index in [1.165, 1.54) is 0 Å². The molecule has 2 aromatic rings. The molecule has 0 spiro atoms. The number of hydrogen-bond donors (Lipinski definition) is 1. The molecule has 2 heterocycles. The molecular formula is C9H11N5O2. The van der Waals surface area contributed by atoms with Crippen LogP contribution < -0.4 is 0 Å². The predicted molar refractivity (Wildman–Crippen MR) is 54.5 cm³/mol. The fourth-order valence-corrected chi connectivity index (χ4v) is 1.29. The van der Waals surface area contributed by atoms with Crippen molar-refractivity contribution < 1.29 is 9.53 Å². The molecule has 0 radical (unpaired) electrons. The first-order chi connectivity index (χ1) is 7.72. The van der Waals surface area contributed by atoms with Gasteiger partial charge in [-0.2, -0.15) is 10.3 Å². The quantitative estimate of drug-likeness (QED) is 0.757. The summed E-state index contributed by atoms with van der Waals surface area (Å²) in [5.74, 6) is -0.503. The maximum Gasteiger partial charge on any atom is 0.361 e. The lowest BCUT2D eigenvalue weighted by atomic mass is 10.2. The number of nitrogens with zero attached hydrogens (tertiary/aromatic N) is 4. The third-order valence-corrected chi connectivity index (χ3v) is 1.96. The average Bonchev–Trinajstić information content (AvgIpc) is 2.85. The van der Waals surface area contributed by atoms with Gasteiger partial charge in [0.2, 0.25) is 0 Å². The highest BCUT2D eigenvalue weighted by Gasteiger charge is 2.20. The van der Waals surface area contributed by atoms with Crippen LogP contribution in [-0.4, -0.2) is 37.5 Å². The lowest BCUT2D eigenvalue weighted by Crippen LogP contribution is -2.06. The lowest BCUT2D eigenvalue weighted by molar-refractivity contribution is 0.0520. The molecule has 2 aromatic heterocycles. The van der Waals surface area contributed by atoms with Crippen molar-refractivity contribution in [1.82, 2.24) is 25.0 Å². The summed E-state index contributed by atoms with van der Waals surface area (Å²) in [5.41, 5.74) is 1.14. The van der Waals surface area contributed by atoms with Gasteiger partial charge < -0.3 is 9.30 Å². The Morgan fingerprint density at radius 1 is 1.56 bits per heavy atom. The van der Waals surface area contributed by atoms with Crippen molar-refractivity contribution in [3.8, 4) is 11.4 Å². The van der Waals surface area contributed by atoms with Crippen molar-refractivity contribution in [3.05, 3.63) is 18.2 Å². The molecule has 16 heavy (non-hydrogen) atoms. The monoisotopic (exact) mass is 221 g/mol. The van der Waals surface area contributed by atoms with E-state index < -0.39 is 5.97 Å². The largest absolute Gasteiger partial charge is 0.461 e. The van der Waals surface area contributed by atoms with Gasteiger partial charge in [-0.1, -0.05) is 0 Å². The molecule has 0 saturated carbocycles. The van der Waals surface area contributed by atoms with E-state index in [1.807, 2.05) is 7.05 Å². The maximum absolute atomic E-state index is 11.5. The first-order valence-electron chi connectivity index (χ1n) is 4.78. The summed E-state index contributed by atoms with van der Waals surface area (Å²) in [7, 11) is 1.83. The number of aromatic amines is 1. The van der Waals surface area contributed by atoms with Gasteiger partial charge in [-0.05, 0) is 6.92 Å². The molecule has 0 aromatic carbocycles. The summed E-state index contributed by atoms with van der Waals surface area (Å²) in [4.78, 5) is 15.6. The topological polar surface area (TPSA) is 85.7 Å². The number of aryl methyl sites for hydroxylation is 1. The van der Waals surface area contributed by atoms with Crippen molar-refractivity contribution in [3.63, 3.8) is 0 Å². The molecule has 0 fully saturated rings. The van der Waals surface area contributed by atoms with Gasteiger partial charge in [-0.3, -0.25) is 0 Å². The summed E-state index contributed by atoms with van der Waals surface area (Å²) >= 11 is 0. The van der Waals surface area contributed by atoms with Gasteiger partial charge in [-0.15, -0.1) is 5.10 Å². The van der Waals surface area contributed by atoms with Crippen molar-refractivity contribution in [2.75, 3.05) is 6.61 Å². The highest BCUT2D eigenvalue weighted by molar-refractivity contribution is 5.93. The predicted octanol–water partition coefficient (Wildman–Crippen LogP) is 0.382. The Labute approximate surface area is 91.4 Å². The Bertz CT molecular complexity index is 501. The Morgan fingerprint density at radius 3 is 3.00 bits per heavy atom. The second-order valence-corrected chi connectivity index (χ2v) is 3.17. The van der Waals surface area contributed by atoms with E-state index in [9.17, 15) is 4.79 Å². The summed E-state index contributed by atoms with van der Waals surface area (Å²) in [5, 5.41) is 10.0. The molecule has 0 bridgehead atoms. The summed E-state index contributed by atoms with van der Waals surface area (Å²) in [6.45, 7) is 2.03. The van der Waals surface area contributed by atoms with Crippen LogP contribution in [0.2, 0.25) is 0 Å². The van der Waals surface area contributed by atoms with Gasteiger partial charge >= 0.3 is 5.97 Å². The average molecular weight is 221 g/mol. The zero-order chi connectivity index (χ0) is 11.5. The van der Waals surface area contributed by atoms with Crippen molar-refractivity contribution in [2.45, 2.75) is 6.92 Å². The van der Waals surface area contributed by atoms with Crippen LogP contribution in [0.5, 0.6) is 0 Å². The number of carbonyl (C=O) groups is 1. The van der Waals surface area contributed by atoms with Gasteiger partial charge in [0.15, 0.2) is 5.69 Å². The molecule has 0 aliphatic rings. The Kier molecular flexibility index (Phi) is 2.67. The Hall–Kier alpha value is -2.18. The fourth-order valence-electron chi connectivity index (χ4n) is 1.29. The normalized spacial score (nSPS) is 10.4. The van der Waals surface area contributed by atoms with Crippen LogP contribution in [0, 0.1) is 0 Å².